The lowest BCUT2D eigenvalue weighted by molar-refractivity contribution is 0.621. The van der Waals surface area contributed by atoms with Crippen LogP contribution in [0, 0.1) is 12.7 Å². The van der Waals surface area contributed by atoms with Crippen LogP contribution in [0.4, 0.5) is 4.39 Å². The minimum Gasteiger partial charge on any atom is -0.337 e. The van der Waals surface area contributed by atoms with Crippen LogP contribution in [0.3, 0.4) is 0 Å². The van der Waals surface area contributed by atoms with Crippen molar-refractivity contribution in [3.8, 4) is 11.4 Å². The number of halogens is 2. The van der Waals surface area contributed by atoms with E-state index in [4.69, 9.17) is 0 Å². The Morgan fingerprint density at radius 2 is 2.00 bits per heavy atom. The maximum absolute atomic E-state index is 13.5. The first-order valence-electron chi connectivity index (χ1n) is 5.43. The van der Waals surface area contributed by atoms with Gasteiger partial charge in [0.1, 0.15) is 11.6 Å². The van der Waals surface area contributed by atoms with E-state index in [1.807, 2.05) is 19.1 Å². The van der Waals surface area contributed by atoms with Crippen molar-refractivity contribution < 1.29 is 4.39 Å². The topological polar surface area (TPSA) is 41.6 Å². The molecule has 1 aromatic carbocycles. The molecule has 0 spiro atoms. The largest absolute Gasteiger partial charge is 0.337 e. The highest BCUT2D eigenvalue weighted by molar-refractivity contribution is 9.10. The molecule has 0 unspecified atom stereocenters. The number of H-pyrrole nitrogens is 1. The Morgan fingerprint density at radius 3 is 2.83 bits per heavy atom. The summed E-state index contributed by atoms with van der Waals surface area (Å²) in [5.41, 5.74) is 3.07. The van der Waals surface area contributed by atoms with Gasteiger partial charge in [0.05, 0.1) is 9.99 Å². The summed E-state index contributed by atoms with van der Waals surface area (Å²) in [6.07, 6.45) is 0. The molecule has 2 heterocycles. The zero-order chi connectivity index (χ0) is 12.7. The van der Waals surface area contributed by atoms with Crippen LogP contribution in [0.5, 0.6) is 0 Å². The SMILES string of the molecule is Cc1ccc2[nH]c(-c3cccc(F)c3Br)nc2n1. The van der Waals surface area contributed by atoms with E-state index in [2.05, 4.69) is 30.9 Å². The summed E-state index contributed by atoms with van der Waals surface area (Å²) < 4.78 is 13.9. The van der Waals surface area contributed by atoms with E-state index in [1.54, 1.807) is 12.1 Å². The average molecular weight is 306 g/mol. The third kappa shape index (κ3) is 1.80. The Hall–Kier alpha value is -1.75. The fourth-order valence-corrected chi connectivity index (χ4v) is 2.25. The number of benzene rings is 1. The fourth-order valence-electron chi connectivity index (χ4n) is 1.80. The zero-order valence-electron chi connectivity index (χ0n) is 9.54. The van der Waals surface area contributed by atoms with Crippen molar-refractivity contribution in [2.75, 3.05) is 0 Å². The smallest absolute Gasteiger partial charge is 0.178 e. The molecule has 3 nitrogen and oxygen atoms in total. The van der Waals surface area contributed by atoms with Gasteiger partial charge >= 0.3 is 0 Å². The Kier molecular flexibility index (Phi) is 2.63. The van der Waals surface area contributed by atoms with Gasteiger partial charge in [-0.1, -0.05) is 6.07 Å². The highest BCUT2D eigenvalue weighted by atomic mass is 79.9. The maximum atomic E-state index is 13.5. The number of imidazole rings is 1. The second kappa shape index (κ2) is 4.17. The quantitative estimate of drug-likeness (QED) is 0.742. The van der Waals surface area contributed by atoms with Gasteiger partial charge in [-0.15, -0.1) is 0 Å². The Balaban J connectivity index is 2.22. The van der Waals surface area contributed by atoms with Crippen molar-refractivity contribution in [3.63, 3.8) is 0 Å². The molecule has 1 N–H and O–H groups in total. The number of hydrogen-bond donors (Lipinski definition) is 1. The number of nitrogens with one attached hydrogen (secondary N) is 1. The molecule has 90 valence electrons. The first kappa shape index (κ1) is 11.3. The standard InChI is InChI=1S/C13H9BrFN3/c1-7-5-6-10-13(16-7)18-12(17-10)8-3-2-4-9(15)11(8)14/h2-6H,1H3,(H,16,17,18). The van der Waals surface area contributed by atoms with Gasteiger partial charge in [0.2, 0.25) is 0 Å². The number of aryl methyl sites for hydroxylation is 1. The van der Waals surface area contributed by atoms with Gasteiger partial charge in [0.15, 0.2) is 5.65 Å². The van der Waals surface area contributed by atoms with Crippen molar-refractivity contribution in [3.05, 3.63) is 46.3 Å². The van der Waals surface area contributed by atoms with Crippen LogP contribution < -0.4 is 0 Å². The fraction of sp³-hybridized carbons (Fsp3) is 0.0769. The first-order valence-corrected chi connectivity index (χ1v) is 6.22. The molecule has 0 saturated heterocycles. The van der Waals surface area contributed by atoms with E-state index in [1.165, 1.54) is 6.07 Å². The third-order valence-corrected chi connectivity index (χ3v) is 3.50. The molecule has 18 heavy (non-hydrogen) atoms. The summed E-state index contributed by atoms with van der Waals surface area (Å²) in [4.78, 5) is 11.8. The number of aromatic amines is 1. The average Bonchev–Trinajstić information content (AvgIpc) is 2.75. The number of pyridine rings is 1. The van der Waals surface area contributed by atoms with E-state index >= 15 is 0 Å². The van der Waals surface area contributed by atoms with Crippen molar-refractivity contribution in [2.24, 2.45) is 0 Å². The summed E-state index contributed by atoms with van der Waals surface area (Å²) in [7, 11) is 0. The van der Waals surface area contributed by atoms with Gasteiger partial charge in [-0.2, -0.15) is 0 Å². The Bertz CT molecular complexity index is 736. The lowest BCUT2D eigenvalue weighted by Gasteiger charge is -2.00. The van der Waals surface area contributed by atoms with E-state index in [9.17, 15) is 4.39 Å². The minimum atomic E-state index is -0.308. The third-order valence-electron chi connectivity index (χ3n) is 2.69. The Morgan fingerprint density at radius 1 is 1.17 bits per heavy atom. The van der Waals surface area contributed by atoms with Crippen LogP contribution in [-0.4, -0.2) is 15.0 Å². The second-order valence-corrected chi connectivity index (χ2v) is 4.80. The summed E-state index contributed by atoms with van der Waals surface area (Å²) in [6.45, 7) is 1.91. The molecule has 0 saturated carbocycles. The van der Waals surface area contributed by atoms with Gasteiger partial charge in [0, 0.05) is 11.3 Å². The molecule has 0 aliphatic carbocycles. The lowest BCUT2D eigenvalue weighted by atomic mass is 10.2. The summed E-state index contributed by atoms with van der Waals surface area (Å²) in [5, 5.41) is 0. The lowest BCUT2D eigenvalue weighted by Crippen LogP contribution is -1.85. The summed E-state index contributed by atoms with van der Waals surface area (Å²) in [5.74, 6) is 0.298. The van der Waals surface area contributed by atoms with E-state index in [-0.39, 0.29) is 5.82 Å². The molecule has 0 amide bonds. The molecule has 0 radical (unpaired) electrons. The molecule has 3 rings (SSSR count). The van der Waals surface area contributed by atoms with E-state index < -0.39 is 0 Å². The predicted molar refractivity (Wildman–Crippen MR) is 71.7 cm³/mol. The molecule has 0 aliphatic rings. The van der Waals surface area contributed by atoms with Crippen LogP contribution in [0.15, 0.2) is 34.8 Å². The van der Waals surface area contributed by atoms with Gasteiger partial charge in [-0.25, -0.2) is 14.4 Å². The summed E-state index contributed by atoms with van der Waals surface area (Å²) >= 11 is 3.23. The Labute approximate surface area is 111 Å². The molecule has 3 aromatic rings. The number of nitrogens with zero attached hydrogens (tertiary/aromatic N) is 2. The molecule has 0 atom stereocenters. The van der Waals surface area contributed by atoms with Crippen LogP contribution in [0.25, 0.3) is 22.6 Å². The molecule has 0 bridgehead atoms. The predicted octanol–water partition coefficient (Wildman–Crippen LogP) is 3.83. The minimum absolute atomic E-state index is 0.308. The normalized spacial score (nSPS) is 11.1. The van der Waals surface area contributed by atoms with Crippen molar-refractivity contribution in [1.29, 1.82) is 0 Å². The van der Waals surface area contributed by atoms with Crippen LogP contribution in [0.1, 0.15) is 5.69 Å². The van der Waals surface area contributed by atoms with Gasteiger partial charge in [0.25, 0.3) is 0 Å². The molecule has 5 heteroatoms. The monoisotopic (exact) mass is 305 g/mol. The molecule has 2 aromatic heterocycles. The van der Waals surface area contributed by atoms with E-state index in [0.29, 0.717) is 21.5 Å². The molecular weight excluding hydrogens is 297 g/mol. The van der Waals surface area contributed by atoms with Crippen LogP contribution >= 0.6 is 15.9 Å². The molecule has 0 fully saturated rings. The van der Waals surface area contributed by atoms with Crippen LogP contribution in [-0.2, 0) is 0 Å². The van der Waals surface area contributed by atoms with Crippen molar-refractivity contribution in [1.82, 2.24) is 15.0 Å². The summed E-state index contributed by atoms with van der Waals surface area (Å²) in [6, 6.07) is 8.68. The first-order chi connectivity index (χ1) is 8.65. The number of fused-ring (bicyclic) bond motifs is 1. The van der Waals surface area contributed by atoms with E-state index in [0.717, 1.165) is 11.2 Å². The van der Waals surface area contributed by atoms with Crippen molar-refractivity contribution >= 4 is 27.1 Å². The van der Waals surface area contributed by atoms with Crippen LogP contribution in [0.2, 0.25) is 0 Å². The van der Waals surface area contributed by atoms with Gasteiger partial charge in [-0.3, -0.25) is 0 Å². The number of hydrogen-bond acceptors (Lipinski definition) is 2. The zero-order valence-corrected chi connectivity index (χ0v) is 11.1. The maximum Gasteiger partial charge on any atom is 0.178 e. The second-order valence-electron chi connectivity index (χ2n) is 4.01. The molecule has 0 aliphatic heterocycles. The number of rotatable bonds is 1. The highest BCUT2D eigenvalue weighted by Crippen LogP contribution is 2.29. The highest BCUT2D eigenvalue weighted by Gasteiger charge is 2.11. The number of aromatic nitrogens is 3. The molecular formula is C13H9BrFN3. The van der Waals surface area contributed by atoms with Gasteiger partial charge < -0.3 is 4.98 Å². The van der Waals surface area contributed by atoms with Crippen molar-refractivity contribution in [2.45, 2.75) is 6.92 Å². The van der Waals surface area contributed by atoms with Gasteiger partial charge in [-0.05, 0) is 47.1 Å².